The molecular weight excluding hydrogens is 483 g/mol. The van der Waals surface area contributed by atoms with Gasteiger partial charge in [-0.05, 0) is 50.4 Å². The molecule has 2 aromatic rings. The number of nitrogens with one attached hydrogen (secondary N) is 2. The molecule has 13 heteroatoms. The first kappa shape index (κ1) is 24.7. The Bertz CT molecular complexity index is 1070. The van der Waals surface area contributed by atoms with Crippen LogP contribution < -0.4 is 15.4 Å². The van der Waals surface area contributed by atoms with Gasteiger partial charge in [0.05, 0.1) is 28.8 Å². The number of aryl methyl sites for hydroxylation is 1. The summed E-state index contributed by atoms with van der Waals surface area (Å²) in [6, 6.07) is 3.16. The molecule has 0 bridgehead atoms. The summed E-state index contributed by atoms with van der Waals surface area (Å²) in [5, 5.41) is 17.3. The van der Waals surface area contributed by atoms with Gasteiger partial charge in [0.15, 0.2) is 11.7 Å². The number of non-ortho nitro benzene ring substituents is 1. The highest BCUT2D eigenvalue weighted by Gasteiger charge is 2.29. The number of esters is 1. The van der Waals surface area contributed by atoms with Crippen molar-refractivity contribution < 1.29 is 32.4 Å². The number of nitro benzene ring substituents is 1. The van der Waals surface area contributed by atoms with E-state index < -0.39 is 29.4 Å². The molecule has 1 heterocycles. The number of benzene rings is 1. The monoisotopic (exact) mass is 503 g/mol. The molecule has 1 aromatic carbocycles. The van der Waals surface area contributed by atoms with Gasteiger partial charge < -0.3 is 20.1 Å². The Kier molecular flexibility index (Phi) is 7.74. The van der Waals surface area contributed by atoms with Crippen molar-refractivity contribution in [1.82, 2.24) is 0 Å². The first-order valence-corrected chi connectivity index (χ1v) is 11.2. The van der Waals surface area contributed by atoms with E-state index in [1.807, 2.05) is 0 Å². The standard InChI is InChI=1S/C20H20F3N3O5S2/c1-2-30-18(27)16-14-5-3-4-6-15(14)33-17(16)25-19(32)24-11-7-12(26(28)29)9-13(8-11)31-10-20(21,22)23/h7-9H,2-6,10H2,1H3,(H2,24,25,32). The van der Waals surface area contributed by atoms with Gasteiger partial charge in [-0.25, -0.2) is 4.79 Å². The van der Waals surface area contributed by atoms with Crippen LogP contribution >= 0.6 is 23.6 Å². The maximum atomic E-state index is 12.6. The molecule has 0 amide bonds. The Labute approximate surface area is 196 Å². The average Bonchev–Trinajstić information content (AvgIpc) is 3.09. The molecule has 0 fully saturated rings. The van der Waals surface area contributed by atoms with Crippen molar-refractivity contribution in [3.05, 3.63) is 44.3 Å². The smallest absolute Gasteiger partial charge is 0.422 e. The van der Waals surface area contributed by atoms with Crippen LogP contribution in [0.15, 0.2) is 18.2 Å². The van der Waals surface area contributed by atoms with Crippen molar-refractivity contribution in [3.8, 4) is 5.75 Å². The van der Waals surface area contributed by atoms with Crippen molar-refractivity contribution in [2.24, 2.45) is 0 Å². The first-order chi connectivity index (χ1) is 15.6. The molecule has 33 heavy (non-hydrogen) atoms. The van der Waals surface area contributed by atoms with Gasteiger partial charge in [-0.15, -0.1) is 11.3 Å². The molecule has 1 aromatic heterocycles. The van der Waals surface area contributed by atoms with Gasteiger partial charge in [-0.3, -0.25) is 10.1 Å². The Morgan fingerprint density at radius 3 is 2.64 bits per heavy atom. The SMILES string of the molecule is CCOC(=O)c1c(NC(=S)Nc2cc(OCC(F)(F)F)cc([N+](=O)[O-])c2)sc2c1CCCC2. The zero-order chi connectivity index (χ0) is 24.2. The minimum Gasteiger partial charge on any atom is -0.484 e. The molecule has 2 N–H and O–H groups in total. The van der Waals surface area contributed by atoms with Crippen LogP contribution in [0.25, 0.3) is 0 Å². The third kappa shape index (κ3) is 6.54. The minimum absolute atomic E-state index is 0.00131. The molecule has 178 valence electrons. The predicted molar refractivity (Wildman–Crippen MR) is 121 cm³/mol. The topological polar surface area (TPSA) is 103 Å². The van der Waals surface area contributed by atoms with Gasteiger partial charge in [0.2, 0.25) is 0 Å². The average molecular weight is 504 g/mol. The van der Waals surface area contributed by atoms with E-state index in [1.165, 1.54) is 17.4 Å². The van der Waals surface area contributed by atoms with Crippen LogP contribution in [-0.4, -0.2) is 35.4 Å². The number of thiophene rings is 1. The van der Waals surface area contributed by atoms with Crippen LogP contribution in [0, 0.1) is 10.1 Å². The highest BCUT2D eigenvalue weighted by molar-refractivity contribution is 7.80. The largest absolute Gasteiger partial charge is 0.484 e. The Hall–Kier alpha value is -2.93. The summed E-state index contributed by atoms with van der Waals surface area (Å²) < 4.78 is 47.2. The van der Waals surface area contributed by atoms with E-state index >= 15 is 0 Å². The van der Waals surface area contributed by atoms with Crippen molar-refractivity contribution in [3.63, 3.8) is 0 Å². The number of carbonyl (C=O) groups is 1. The Morgan fingerprint density at radius 2 is 1.97 bits per heavy atom. The van der Waals surface area contributed by atoms with Crippen LogP contribution in [0.1, 0.15) is 40.6 Å². The normalized spacial score (nSPS) is 13.1. The van der Waals surface area contributed by atoms with Crippen LogP contribution in [0.4, 0.5) is 29.5 Å². The molecule has 1 aliphatic rings. The van der Waals surface area contributed by atoms with E-state index in [4.69, 9.17) is 17.0 Å². The number of hydrogen-bond donors (Lipinski definition) is 2. The maximum Gasteiger partial charge on any atom is 0.422 e. The lowest BCUT2D eigenvalue weighted by Crippen LogP contribution is -2.21. The van der Waals surface area contributed by atoms with Crippen molar-refractivity contribution in [1.29, 1.82) is 0 Å². The van der Waals surface area contributed by atoms with Gasteiger partial charge >= 0.3 is 12.1 Å². The summed E-state index contributed by atoms with van der Waals surface area (Å²) in [6.07, 6.45) is -1.07. The van der Waals surface area contributed by atoms with E-state index in [2.05, 4.69) is 15.4 Å². The van der Waals surface area contributed by atoms with Crippen LogP contribution in [0.5, 0.6) is 5.75 Å². The lowest BCUT2D eigenvalue weighted by Gasteiger charge is -2.14. The quantitative estimate of drug-likeness (QED) is 0.222. The fourth-order valence-corrected chi connectivity index (χ4v) is 4.91. The molecule has 0 saturated heterocycles. The number of fused-ring (bicyclic) bond motifs is 1. The molecule has 0 unspecified atom stereocenters. The Balaban J connectivity index is 1.82. The highest BCUT2D eigenvalue weighted by Crippen LogP contribution is 2.39. The van der Waals surface area contributed by atoms with E-state index in [1.54, 1.807) is 6.92 Å². The highest BCUT2D eigenvalue weighted by atomic mass is 32.1. The summed E-state index contributed by atoms with van der Waals surface area (Å²) in [4.78, 5) is 24.0. The summed E-state index contributed by atoms with van der Waals surface area (Å²) in [6.45, 7) is 0.316. The second-order valence-electron chi connectivity index (χ2n) is 7.09. The van der Waals surface area contributed by atoms with Crippen LogP contribution in [0.3, 0.4) is 0 Å². The van der Waals surface area contributed by atoms with Gasteiger partial charge in [0.1, 0.15) is 10.8 Å². The van der Waals surface area contributed by atoms with Gasteiger partial charge in [-0.1, -0.05) is 0 Å². The van der Waals surface area contributed by atoms with E-state index in [0.29, 0.717) is 10.6 Å². The van der Waals surface area contributed by atoms with Gasteiger partial charge in [-0.2, -0.15) is 13.2 Å². The number of nitrogens with zero attached hydrogens (tertiary/aromatic N) is 1. The maximum absolute atomic E-state index is 12.6. The molecule has 0 atom stereocenters. The third-order valence-electron chi connectivity index (χ3n) is 4.64. The van der Waals surface area contributed by atoms with E-state index in [-0.39, 0.29) is 23.2 Å². The van der Waals surface area contributed by atoms with Crippen LogP contribution in [-0.2, 0) is 17.6 Å². The number of ether oxygens (including phenoxy) is 2. The third-order valence-corrected chi connectivity index (χ3v) is 6.05. The molecule has 0 aliphatic heterocycles. The number of anilines is 2. The summed E-state index contributed by atoms with van der Waals surface area (Å²) >= 11 is 6.67. The van der Waals surface area contributed by atoms with Gasteiger partial charge in [0, 0.05) is 17.0 Å². The number of halogens is 3. The van der Waals surface area contributed by atoms with Crippen LogP contribution in [0.2, 0.25) is 0 Å². The molecule has 8 nitrogen and oxygen atoms in total. The first-order valence-electron chi connectivity index (χ1n) is 9.96. The fraction of sp³-hybridized carbons (Fsp3) is 0.400. The van der Waals surface area contributed by atoms with E-state index in [9.17, 15) is 28.1 Å². The Morgan fingerprint density at radius 1 is 1.24 bits per heavy atom. The number of carbonyl (C=O) groups excluding carboxylic acids is 1. The van der Waals surface area contributed by atoms with Crippen molar-refractivity contribution >= 4 is 51.0 Å². The lowest BCUT2D eigenvalue weighted by atomic mass is 9.95. The predicted octanol–water partition coefficient (Wildman–Crippen LogP) is 5.46. The zero-order valence-corrected chi connectivity index (χ0v) is 19.0. The van der Waals surface area contributed by atoms with E-state index in [0.717, 1.165) is 48.3 Å². The molecule has 0 radical (unpaired) electrons. The molecule has 0 saturated carbocycles. The lowest BCUT2D eigenvalue weighted by molar-refractivity contribution is -0.384. The van der Waals surface area contributed by atoms with Crippen molar-refractivity contribution in [2.75, 3.05) is 23.8 Å². The molecule has 3 rings (SSSR count). The second-order valence-corrected chi connectivity index (χ2v) is 8.60. The number of alkyl halides is 3. The van der Waals surface area contributed by atoms with Gasteiger partial charge in [0.25, 0.3) is 5.69 Å². The molecule has 0 spiro atoms. The summed E-state index contributed by atoms with van der Waals surface area (Å²) in [5.74, 6) is -0.814. The molecule has 1 aliphatic carbocycles. The zero-order valence-electron chi connectivity index (χ0n) is 17.4. The fourth-order valence-electron chi connectivity index (χ4n) is 3.35. The number of nitro groups is 1. The molecular formula is C20H20F3N3O5S2. The summed E-state index contributed by atoms with van der Waals surface area (Å²) in [7, 11) is 0. The van der Waals surface area contributed by atoms with Crippen molar-refractivity contribution in [2.45, 2.75) is 38.8 Å². The second kappa shape index (κ2) is 10.3. The number of thiocarbonyl (C=S) groups is 1. The minimum atomic E-state index is -4.60. The number of rotatable bonds is 7. The number of hydrogen-bond acceptors (Lipinski definition) is 7. The summed E-state index contributed by atoms with van der Waals surface area (Å²) in [5.41, 5.74) is 0.916.